The van der Waals surface area contributed by atoms with Crippen molar-refractivity contribution in [3.8, 4) is 0 Å². The number of esters is 1. The third kappa shape index (κ3) is 4.25. The average Bonchev–Trinajstić information content (AvgIpc) is 2.49. The lowest BCUT2D eigenvalue weighted by molar-refractivity contribution is -0.414. The lowest BCUT2D eigenvalue weighted by Gasteiger charge is -2.38. The quantitative estimate of drug-likeness (QED) is 0.274. The van der Waals surface area contributed by atoms with Crippen LogP contribution >= 0.6 is 11.6 Å². The van der Waals surface area contributed by atoms with Crippen LogP contribution in [0, 0.1) is 0 Å². The van der Waals surface area contributed by atoms with Crippen molar-refractivity contribution >= 4 is 17.6 Å². The maximum atomic E-state index is 13.2. The van der Waals surface area contributed by atoms with Crippen molar-refractivity contribution in [3.05, 3.63) is 0 Å². The van der Waals surface area contributed by atoms with Crippen LogP contribution in [-0.4, -0.2) is 54.5 Å². The van der Waals surface area contributed by atoms with Gasteiger partial charge in [0.1, 0.15) is 0 Å². The number of ether oxygens (including phenoxy) is 1. The predicted octanol–water partition coefficient (Wildman–Crippen LogP) is 4.99. The molecule has 26 heavy (non-hydrogen) atoms. The molecule has 0 aliphatic rings. The predicted molar refractivity (Wildman–Crippen MR) is 61.7 cm³/mol. The number of carbonyl (C=O) groups is 1. The minimum absolute atomic E-state index is 0.211. The molecule has 0 spiro atoms. The standard InChI is InChI=1S/C11H9ClF12O2/c12-3-1-2-5(25)26-4-7(15,16)9(19,20)11(23,24)10(21,22)8(17,18)6(13)14/h6H,1-4H2. The number of hydrogen-bond acceptors (Lipinski definition) is 2. The highest BCUT2D eigenvalue weighted by Crippen LogP contribution is 2.58. The van der Waals surface area contributed by atoms with Gasteiger partial charge < -0.3 is 4.74 Å². The van der Waals surface area contributed by atoms with Gasteiger partial charge in [0.15, 0.2) is 6.61 Å². The average molecular weight is 437 g/mol. The van der Waals surface area contributed by atoms with Crippen LogP contribution in [0.15, 0.2) is 0 Å². The van der Waals surface area contributed by atoms with E-state index in [0.717, 1.165) is 0 Å². The Morgan fingerprint density at radius 1 is 0.846 bits per heavy atom. The van der Waals surface area contributed by atoms with Gasteiger partial charge in [0.25, 0.3) is 0 Å². The maximum absolute atomic E-state index is 13.2. The largest absolute Gasteiger partial charge is 0.459 e. The molecular weight excluding hydrogens is 428 g/mol. The summed E-state index contributed by atoms with van der Waals surface area (Å²) < 4.78 is 157. The number of alkyl halides is 13. The molecule has 0 aromatic heterocycles. The van der Waals surface area contributed by atoms with Crippen LogP contribution in [0.3, 0.4) is 0 Å². The Balaban J connectivity index is 5.63. The molecule has 0 atom stereocenters. The second-order valence-electron chi connectivity index (χ2n) is 4.80. The van der Waals surface area contributed by atoms with Crippen LogP contribution in [0.25, 0.3) is 0 Å². The highest BCUT2D eigenvalue weighted by Gasteiger charge is 2.87. The van der Waals surface area contributed by atoms with Gasteiger partial charge >= 0.3 is 42.0 Å². The van der Waals surface area contributed by atoms with Crippen LogP contribution in [0.1, 0.15) is 12.8 Å². The fourth-order valence-corrected chi connectivity index (χ4v) is 1.45. The molecule has 0 amide bonds. The van der Waals surface area contributed by atoms with Crippen LogP contribution in [-0.2, 0) is 9.53 Å². The Hall–Kier alpha value is -1.08. The summed E-state index contributed by atoms with van der Waals surface area (Å²) in [6.07, 6.45) is -6.51. The minimum atomic E-state index is -7.63. The Bertz CT molecular complexity index is 494. The Morgan fingerprint density at radius 3 is 1.69 bits per heavy atom. The van der Waals surface area contributed by atoms with E-state index in [-0.39, 0.29) is 12.3 Å². The van der Waals surface area contributed by atoms with Crippen LogP contribution in [0.4, 0.5) is 52.7 Å². The van der Waals surface area contributed by atoms with E-state index >= 15 is 0 Å². The van der Waals surface area contributed by atoms with E-state index in [4.69, 9.17) is 11.6 Å². The third-order valence-electron chi connectivity index (χ3n) is 2.87. The van der Waals surface area contributed by atoms with Crippen molar-refractivity contribution in [3.63, 3.8) is 0 Å². The van der Waals surface area contributed by atoms with Gasteiger partial charge in [-0.1, -0.05) is 0 Å². The molecule has 0 aromatic rings. The zero-order valence-electron chi connectivity index (χ0n) is 12.1. The molecule has 0 N–H and O–H groups in total. The van der Waals surface area contributed by atoms with Gasteiger partial charge in [0.05, 0.1) is 0 Å². The van der Waals surface area contributed by atoms with E-state index in [1.165, 1.54) is 0 Å². The first-order valence-corrected chi connectivity index (χ1v) is 6.82. The summed E-state index contributed by atoms with van der Waals surface area (Å²) in [7, 11) is 0. The van der Waals surface area contributed by atoms with E-state index in [2.05, 4.69) is 4.74 Å². The molecule has 0 fully saturated rings. The highest BCUT2D eigenvalue weighted by molar-refractivity contribution is 6.17. The Morgan fingerprint density at radius 2 is 1.31 bits per heavy atom. The molecule has 2 nitrogen and oxygen atoms in total. The van der Waals surface area contributed by atoms with Gasteiger partial charge in [-0.15, -0.1) is 11.6 Å². The molecule has 0 saturated heterocycles. The number of hydrogen-bond donors (Lipinski definition) is 0. The SMILES string of the molecule is O=C(CCCCl)OCC(F)(F)C(F)(F)C(F)(F)C(F)(F)C(F)(F)C(F)F. The first-order chi connectivity index (χ1) is 11.4. The van der Waals surface area contributed by atoms with Crippen molar-refractivity contribution in [1.82, 2.24) is 0 Å². The zero-order chi connectivity index (χ0) is 21.2. The molecule has 0 radical (unpaired) electrons. The van der Waals surface area contributed by atoms with Crippen molar-refractivity contribution in [2.75, 3.05) is 12.5 Å². The van der Waals surface area contributed by atoms with Crippen molar-refractivity contribution in [2.45, 2.75) is 48.9 Å². The second-order valence-corrected chi connectivity index (χ2v) is 5.18. The zero-order valence-corrected chi connectivity index (χ0v) is 12.9. The van der Waals surface area contributed by atoms with Gasteiger partial charge in [0.2, 0.25) is 0 Å². The molecule has 0 heterocycles. The Labute approximate surface area is 142 Å². The fourth-order valence-electron chi connectivity index (χ4n) is 1.32. The van der Waals surface area contributed by atoms with E-state index in [0.29, 0.717) is 0 Å². The summed E-state index contributed by atoms with van der Waals surface area (Å²) in [5.41, 5.74) is 0. The van der Waals surface area contributed by atoms with Crippen LogP contribution in [0.2, 0.25) is 0 Å². The third-order valence-corrected chi connectivity index (χ3v) is 3.14. The molecule has 0 aliphatic carbocycles. The Kier molecular flexibility index (Phi) is 7.56. The molecule has 0 saturated carbocycles. The molecule has 156 valence electrons. The lowest BCUT2D eigenvalue weighted by atomic mass is 9.94. The van der Waals surface area contributed by atoms with Gasteiger partial charge in [-0.3, -0.25) is 4.79 Å². The molecule has 0 aromatic carbocycles. The second kappa shape index (κ2) is 7.89. The van der Waals surface area contributed by atoms with Crippen molar-refractivity contribution in [2.24, 2.45) is 0 Å². The summed E-state index contributed by atoms with van der Waals surface area (Å²) in [5.74, 6) is -37.7. The molecule has 0 aliphatic heterocycles. The molecule has 0 bridgehead atoms. The molecule has 0 unspecified atom stereocenters. The molecule has 15 heteroatoms. The first kappa shape index (κ1) is 24.9. The monoisotopic (exact) mass is 436 g/mol. The topological polar surface area (TPSA) is 26.3 Å². The highest BCUT2D eigenvalue weighted by atomic mass is 35.5. The van der Waals surface area contributed by atoms with Gasteiger partial charge in [-0.2, -0.15) is 43.9 Å². The molecular formula is C11H9ClF12O2. The van der Waals surface area contributed by atoms with E-state index < -0.39 is 55.0 Å². The van der Waals surface area contributed by atoms with Crippen LogP contribution in [0.5, 0.6) is 0 Å². The first-order valence-electron chi connectivity index (χ1n) is 6.29. The van der Waals surface area contributed by atoms with Gasteiger partial charge in [-0.25, -0.2) is 8.78 Å². The van der Waals surface area contributed by atoms with Crippen LogP contribution < -0.4 is 0 Å². The lowest BCUT2D eigenvalue weighted by Crippen LogP contribution is -2.69. The summed E-state index contributed by atoms with van der Waals surface area (Å²) in [5, 5.41) is 0. The van der Waals surface area contributed by atoms with E-state index in [1.807, 2.05) is 0 Å². The molecule has 0 rings (SSSR count). The van der Waals surface area contributed by atoms with Gasteiger partial charge in [0, 0.05) is 12.3 Å². The number of rotatable bonds is 10. The van der Waals surface area contributed by atoms with Crippen molar-refractivity contribution < 1.29 is 62.2 Å². The van der Waals surface area contributed by atoms with E-state index in [1.54, 1.807) is 0 Å². The van der Waals surface area contributed by atoms with Gasteiger partial charge in [-0.05, 0) is 6.42 Å². The maximum Gasteiger partial charge on any atom is 0.384 e. The minimum Gasteiger partial charge on any atom is -0.459 e. The summed E-state index contributed by atoms with van der Waals surface area (Å²) in [6, 6.07) is 0. The fraction of sp³-hybridized carbons (Fsp3) is 0.909. The normalized spacial score (nSPS) is 14.7. The van der Waals surface area contributed by atoms with E-state index in [9.17, 15) is 57.5 Å². The summed E-state index contributed by atoms with van der Waals surface area (Å²) in [6.45, 7) is -2.90. The number of halogens is 13. The summed E-state index contributed by atoms with van der Waals surface area (Å²) >= 11 is 5.10. The van der Waals surface area contributed by atoms with Crippen molar-refractivity contribution in [1.29, 1.82) is 0 Å². The smallest absolute Gasteiger partial charge is 0.384 e. The number of carbonyl (C=O) groups excluding carboxylic acids is 1. The summed E-state index contributed by atoms with van der Waals surface area (Å²) in [4.78, 5) is 10.9.